The lowest BCUT2D eigenvalue weighted by atomic mass is 9.78. The predicted molar refractivity (Wildman–Crippen MR) is 167 cm³/mol. The number of likely N-dealkylation sites (N-methyl/N-ethyl adjacent to an activating group) is 1. The Balaban J connectivity index is 1.90. The van der Waals surface area contributed by atoms with Crippen LogP contribution in [0.2, 0.25) is 0 Å². The van der Waals surface area contributed by atoms with Gasteiger partial charge >= 0.3 is 0 Å². The molecule has 46 heavy (non-hydrogen) atoms. The normalized spacial score (nSPS) is 19.7. The Morgan fingerprint density at radius 1 is 1.00 bits per heavy atom. The summed E-state index contributed by atoms with van der Waals surface area (Å²) >= 11 is 0. The Labute approximate surface area is 267 Å². The van der Waals surface area contributed by atoms with E-state index in [4.69, 9.17) is 14.2 Å². The smallest absolute Gasteiger partial charge is 0.274 e. The highest BCUT2D eigenvalue weighted by molar-refractivity contribution is 7.93. The third-order valence-electron chi connectivity index (χ3n) is 8.55. The minimum absolute atomic E-state index is 0.0254. The molecule has 0 aliphatic carbocycles. The number of ether oxygens (including phenoxy) is 3. The van der Waals surface area contributed by atoms with Crippen molar-refractivity contribution in [2.75, 3.05) is 46.3 Å². The highest BCUT2D eigenvalue weighted by Gasteiger charge is 2.62. The number of piperidine rings is 1. The van der Waals surface area contributed by atoms with Gasteiger partial charge in [-0.05, 0) is 60.9 Å². The van der Waals surface area contributed by atoms with E-state index < -0.39 is 33.3 Å². The number of hydrogen-bond donors (Lipinski definition) is 0. The van der Waals surface area contributed by atoms with E-state index >= 15 is 9.18 Å². The van der Waals surface area contributed by atoms with Crippen molar-refractivity contribution in [2.24, 2.45) is 0 Å². The quantitative estimate of drug-likeness (QED) is 0.339. The Kier molecular flexibility index (Phi) is 8.97. The second-order valence-electron chi connectivity index (χ2n) is 11.3. The van der Waals surface area contributed by atoms with Gasteiger partial charge < -0.3 is 19.1 Å². The molecule has 0 bridgehead atoms. The molecule has 11 nitrogen and oxygen atoms in total. The zero-order chi connectivity index (χ0) is 33.4. The SMILES string of the molecule is COc1ccc(S(=O)(=O)N2C(=O)C(c3cc(CC#N)ccc3OC)(N3CCCC[C@H]3C(=O)N(C)C)c3cc(F)ccc32)c(OC)c1. The molecule has 3 aromatic rings. The molecule has 1 saturated heterocycles. The third kappa shape index (κ3) is 5.11. The molecule has 0 aromatic heterocycles. The fraction of sp³-hybridized carbons (Fsp3) is 0.364. The molecule has 2 aliphatic heterocycles. The molecule has 1 unspecified atom stereocenters. The van der Waals surface area contributed by atoms with Crippen molar-refractivity contribution in [3.05, 3.63) is 77.1 Å². The molecule has 2 heterocycles. The van der Waals surface area contributed by atoms with Gasteiger partial charge in [0.1, 0.15) is 28.0 Å². The Morgan fingerprint density at radius 3 is 2.39 bits per heavy atom. The number of benzene rings is 3. The molecular formula is C33H35FN4O7S. The fourth-order valence-electron chi connectivity index (χ4n) is 6.49. The number of carbonyl (C=O) groups excluding carboxylic acids is 2. The van der Waals surface area contributed by atoms with Gasteiger partial charge in [-0.2, -0.15) is 5.26 Å². The number of methoxy groups -OCH3 is 3. The lowest BCUT2D eigenvalue weighted by Crippen LogP contribution is -2.62. The van der Waals surface area contributed by atoms with E-state index in [0.717, 1.165) is 12.1 Å². The van der Waals surface area contributed by atoms with Gasteiger partial charge in [0.05, 0.1) is 45.5 Å². The maximum absolute atomic E-state index is 15.4. The van der Waals surface area contributed by atoms with Crippen molar-refractivity contribution < 1.29 is 36.6 Å². The summed E-state index contributed by atoms with van der Waals surface area (Å²) in [7, 11) is 2.60. The highest BCUT2D eigenvalue weighted by atomic mass is 32.2. The van der Waals surface area contributed by atoms with E-state index in [1.54, 1.807) is 37.2 Å². The van der Waals surface area contributed by atoms with Gasteiger partial charge in [-0.3, -0.25) is 14.5 Å². The molecule has 1 fully saturated rings. The maximum Gasteiger partial charge on any atom is 0.274 e. The van der Waals surface area contributed by atoms with Crippen molar-refractivity contribution in [3.8, 4) is 23.3 Å². The molecule has 2 aliphatic rings. The lowest BCUT2D eigenvalue weighted by molar-refractivity contribution is -0.142. The Bertz CT molecular complexity index is 1840. The minimum atomic E-state index is -4.73. The van der Waals surface area contributed by atoms with Crippen molar-refractivity contribution in [3.63, 3.8) is 0 Å². The summed E-state index contributed by atoms with van der Waals surface area (Å²) in [6.45, 7) is 0.206. The first kappa shape index (κ1) is 32.7. The number of nitrogens with zero attached hydrogens (tertiary/aromatic N) is 4. The summed E-state index contributed by atoms with van der Waals surface area (Å²) in [6.07, 6.45) is 1.60. The maximum atomic E-state index is 15.4. The van der Waals surface area contributed by atoms with Crippen LogP contribution in [0.15, 0.2) is 59.5 Å². The van der Waals surface area contributed by atoms with Crippen LogP contribution in [0.25, 0.3) is 0 Å². The second kappa shape index (κ2) is 12.6. The predicted octanol–water partition coefficient (Wildman–Crippen LogP) is 3.84. The average molecular weight is 651 g/mol. The Hall–Kier alpha value is -4.67. The van der Waals surface area contributed by atoms with E-state index in [1.165, 1.54) is 50.5 Å². The van der Waals surface area contributed by atoms with Crippen LogP contribution in [-0.4, -0.2) is 78.0 Å². The molecule has 0 saturated carbocycles. The first-order valence-electron chi connectivity index (χ1n) is 14.6. The standard InChI is InChI=1S/C33H35FN4O7S/c1-36(2)31(39)27-8-6-7-17-37(27)33(25-18-21(15-16-35)9-13-28(25)44-4)24-19-22(34)10-12-26(24)38(32(33)40)46(41,42)30-14-11-23(43-3)20-29(30)45-5/h9-14,18-20,27H,6-8,15,17H2,1-5H3/t27-,33?/m0/s1. The molecule has 3 aromatic carbocycles. The van der Waals surface area contributed by atoms with Gasteiger partial charge in [0.2, 0.25) is 5.91 Å². The summed E-state index contributed by atoms with van der Waals surface area (Å²) < 4.78 is 61.7. The number of likely N-dealkylation sites (tertiary alicyclic amines) is 1. The van der Waals surface area contributed by atoms with Crippen LogP contribution in [0.4, 0.5) is 10.1 Å². The van der Waals surface area contributed by atoms with Crippen LogP contribution in [-0.2, 0) is 31.6 Å². The molecule has 0 radical (unpaired) electrons. The van der Waals surface area contributed by atoms with Gasteiger partial charge in [0.25, 0.3) is 15.9 Å². The lowest BCUT2D eigenvalue weighted by Gasteiger charge is -2.47. The number of anilines is 1. The average Bonchev–Trinajstić information content (AvgIpc) is 3.32. The zero-order valence-corrected chi connectivity index (χ0v) is 27.1. The molecule has 242 valence electrons. The molecule has 2 atom stereocenters. The van der Waals surface area contributed by atoms with Gasteiger partial charge in [-0.1, -0.05) is 12.5 Å². The van der Waals surface area contributed by atoms with Gasteiger partial charge in [0, 0.05) is 37.8 Å². The third-order valence-corrected chi connectivity index (χ3v) is 10.3. The monoisotopic (exact) mass is 650 g/mol. The number of rotatable bonds is 9. The van der Waals surface area contributed by atoms with Crippen LogP contribution in [0.1, 0.15) is 36.0 Å². The first-order chi connectivity index (χ1) is 22.0. The van der Waals surface area contributed by atoms with Crippen molar-refractivity contribution in [1.29, 1.82) is 5.26 Å². The molecule has 0 spiro atoms. The van der Waals surface area contributed by atoms with Crippen LogP contribution < -0.4 is 18.5 Å². The highest BCUT2D eigenvalue weighted by Crippen LogP contribution is 2.54. The fourth-order valence-corrected chi connectivity index (χ4v) is 8.09. The summed E-state index contributed by atoms with van der Waals surface area (Å²) in [4.78, 5) is 31.9. The topological polar surface area (TPSA) is 129 Å². The number of carbonyl (C=O) groups is 2. The van der Waals surface area contributed by atoms with E-state index in [-0.39, 0.29) is 52.1 Å². The minimum Gasteiger partial charge on any atom is -0.497 e. The van der Waals surface area contributed by atoms with Gasteiger partial charge in [-0.15, -0.1) is 0 Å². The number of halogens is 1. The summed E-state index contributed by atoms with van der Waals surface area (Å²) in [5.74, 6) is -1.49. The second-order valence-corrected chi connectivity index (χ2v) is 13.0. The number of hydrogen-bond acceptors (Lipinski definition) is 9. The largest absolute Gasteiger partial charge is 0.497 e. The van der Waals surface area contributed by atoms with Gasteiger partial charge in [-0.25, -0.2) is 17.1 Å². The van der Waals surface area contributed by atoms with Crippen LogP contribution >= 0.6 is 0 Å². The number of amides is 2. The van der Waals surface area contributed by atoms with Crippen LogP contribution in [0, 0.1) is 17.1 Å². The molecule has 0 N–H and O–H groups in total. The summed E-state index contributed by atoms with van der Waals surface area (Å²) in [5.41, 5.74) is -1.39. The first-order valence-corrected chi connectivity index (χ1v) is 16.0. The van der Waals surface area contributed by atoms with Crippen LogP contribution in [0.3, 0.4) is 0 Å². The van der Waals surface area contributed by atoms with Gasteiger partial charge in [0.15, 0.2) is 5.54 Å². The van der Waals surface area contributed by atoms with Crippen LogP contribution in [0.5, 0.6) is 17.2 Å². The van der Waals surface area contributed by atoms with E-state index in [9.17, 15) is 18.5 Å². The van der Waals surface area contributed by atoms with Crippen molar-refractivity contribution >= 4 is 27.5 Å². The summed E-state index contributed by atoms with van der Waals surface area (Å²) in [6, 6.07) is 13.6. The summed E-state index contributed by atoms with van der Waals surface area (Å²) in [5, 5.41) is 9.53. The number of nitriles is 1. The van der Waals surface area contributed by atoms with Crippen molar-refractivity contribution in [2.45, 2.75) is 42.2 Å². The molecule has 2 amide bonds. The molecular weight excluding hydrogens is 615 g/mol. The zero-order valence-electron chi connectivity index (χ0n) is 26.2. The number of sulfonamides is 1. The number of fused-ring (bicyclic) bond motifs is 1. The molecule has 13 heteroatoms. The Morgan fingerprint density at radius 2 is 1.74 bits per heavy atom. The van der Waals surface area contributed by atoms with E-state index in [0.29, 0.717) is 34.9 Å². The molecule has 5 rings (SSSR count). The van der Waals surface area contributed by atoms with E-state index in [2.05, 4.69) is 6.07 Å². The van der Waals surface area contributed by atoms with E-state index in [1.807, 2.05) is 0 Å². The van der Waals surface area contributed by atoms with Crippen molar-refractivity contribution in [1.82, 2.24) is 9.80 Å².